The van der Waals surface area contributed by atoms with Gasteiger partial charge in [0.1, 0.15) is 0 Å². The number of hydrogen-bond donors (Lipinski definition) is 1. The molecule has 0 aromatic rings. The number of carbonyl (C=O) groups is 2. The summed E-state index contributed by atoms with van der Waals surface area (Å²) in [5.74, 6) is 0.493. The van der Waals surface area contributed by atoms with Crippen molar-refractivity contribution in [1.82, 2.24) is 5.32 Å². The minimum atomic E-state index is -0.255. The lowest BCUT2D eigenvalue weighted by Crippen LogP contribution is -2.28. The van der Waals surface area contributed by atoms with Crippen LogP contribution in [0.15, 0.2) is 0 Å². The number of hydrogen-bond acceptors (Lipinski definition) is 3. The van der Waals surface area contributed by atoms with E-state index in [2.05, 4.69) is 12.2 Å². The highest BCUT2D eigenvalue weighted by Crippen LogP contribution is 2.37. The van der Waals surface area contributed by atoms with Gasteiger partial charge in [-0.25, -0.2) is 0 Å². The van der Waals surface area contributed by atoms with E-state index in [1.165, 1.54) is 0 Å². The van der Waals surface area contributed by atoms with Crippen molar-refractivity contribution in [3.8, 4) is 0 Å². The molecule has 0 saturated heterocycles. The van der Waals surface area contributed by atoms with Crippen molar-refractivity contribution in [1.29, 1.82) is 0 Å². The number of ether oxygens (including phenoxy) is 1. The summed E-state index contributed by atoms with van der Waals surface area (Å²) in [5, 5.41) is 2.74. The lowest BCUT2D eigenvalue weighted by atomic mass is 10.3. The van der Waals surface area contributed by atoms with Gasteiger partial charge >= 0.3 is 5.97 Å². The smallest absolute Gasteiger partial charge is 0.307 e. The fourth-order valence-electron chi connectivity index (χ4n) is 1.43. The summed E-state index contributed by atoms with van der Waals surface area (Å²) in [6.45, 7) is 6.05. The van der Waals surface area contributed by atoms with E-state index < -0.39 is 0 Å². The summed E-state index contributed by atoms with van der Waals surface area (Å²) in [6, 6.07) is 0. The molecule has 0 aromatic carbocycles. The zero-order valence-electron chi connectivity index (χ0n) is 9.58. The third-order valence-corrected chi connectivity index (χ3v) is 2.44. The fourth-order valence-corrected chi connectivity index (χ4v) is 1.43. The van der Waals surface area contributed by atoms with Crippen LogP contribution in [0.5, 0.6) is 0 Å². The van der Waals surface area contributed by atoms with E-state index in [9.17, 15) is 9.59 Å². The standard InChI is InChI=1S/C11H19NO3/c1-7(2)15-10(13)4-5-12-11(14)9-6-8(9)3/h7-9H,4-6H2,1-3H3,(H,12,14). The molecular formula is C11H19NO3. The van der Waals surface area contributed by atoms with Gasteiger partial charge in [-0.1, -0.05) is 6.92 Å². The minimum Gasteiger partial charge on any atom is -0.463 e. The Kier molecular flexibility index (Phi) is 4.12. The van der Waals surface area contributed by atoms with Crippen LogP contribution in [0, 0.1) is 11.8 Å². The largest absolute Gasteiger partial charge is 0.463 e. The van der Waals surface area contributed by atoms with Crippen LogP contribution in [-0.2, 0) is 14.3 Å². The second-order valence-electron chi connectivity index (χ2n) is 4.40. The van der Waals surface area contributed by atoms with E-state index in [4.69, 9.17) is 4.74 Å². The lowest BCUT2D eigenvalue weighted by molar-refractivity contribution is -0.147. The molecule has 1 aliphatic rings. The molecule has 1 rings (SSSR count). The van der Waals surface area contributed by atoms with Gasteiger partial charge in [-0.3, -0.25) is 9.59 Å². The van der Waals surface area contributed by atoms with Crippen molar-refractivity contribution in [2.75, 3.05) is 6.54 Å². The first kappa shape index (κ1) is 12.0. The van der Waals surface area contributed by atoms with Gasteiger partial charge in [0.2, 0.25) is 5.91 Å². The Balaban J connectivity index is 2.05. The highest BCUT2D eigenvalue weighted by Gasteiger charge is 2.38. The Morgan fingerprint density at radius 1 is 1.47 bits per heavy atom. The summed E-state index contributed by atoms with van der Waals surface area (Å²) in [6.07, 6.45) is 1.14. The Morgan fingerprint density at radius 3 is 2.53 bits per heavy atom. The van der Waals surface area contributed by atoms with Crippen molar-refractivity contribution in [3.05, 3.63) is 0 Å². The molecule has 1 saturated carbocycles. The van der Waals surface area contributed by atoms with Crippen molar-refractivity contribution < 1.29 is 14.3 Å². The molecule has 0 aromatic heterocycles. The molecule has 2 unspecified atom stereocenters. The predicted octanol–water partition coefficient (Wildman–Crippen LogP) is 1.10. The Labute approximate surface area is 90.4 Å². The maximum Gasteiger partial charge on any atom is 0.307 e. The molecule has 0 aliphatic heterocycles. The van der Waals surface area contributed by atoms with Crippen molar-refractivity contribution in [2.24, 2.45) is 11.8 Å². The number of amides is 1. The molecule has 4 nitrogen and oxygen atoms in total. The minimum absolute atomic E-state index is 0.0693. The summed E-state index contributed by atoms with van der Waals surface area (Å²) in [5.41, 5.74) is 0. The van der Waals surface area contributed by atoms with Crippen LogP contribution in [0.25, 0.3) is 0 Å². The van der Waals surface area contributed by atoms with Gasteiger partial charge < -0.3 is 10.1 Å². The second-order valence-corrected chi connectivity index (χ2v) is 4.40. The molecule has 2 atom stereocenters. The highest BCUT2D eigenvalue weighted by atomic mass is 16.5. The van der Waals surface area contributed by atoms with Crippen LogP contribution in [0.1, 0.15) is 33.6 Å². The van der Waals surface area contributed by atoms with Gasteiger partial charge in [0.25, 0.3) is 0 Å². The third kappa shape index (κ3) is 4.32. The average molecular weight is 213 g/mol. The summed E-state index contributed by atoms with van der Waals surface area (Å²) < 4.78 is 4.94. The van der Waals surface area contributed by atoms with Crippen LogP contribution in [-0.4, -0.2) is 24.5 Å². The summed E-state index contributed by atoms with van der Waals surface area (Å²) in [4.78, 5) is 22.5. The number of rotatable bonds is 5. The molecule has 1 N–H and O–H groups in total. The van der Waals surface area contributed by atoms with Gasteiger partial charge in [0.05, 0.1) is 12.5 Å². The van der Waals surface area contributed by atoms with Gasteiger partial charge in [0, 0.05) is 12.5 Å². The zero-order chi connectivity index (χ0) is 11.4. The number of nitrogens with one attached hydrogen (secondary N) is 1. The molecule has 1 aliphatic carbocycles. The molecule has 15 heavy (non-hydrogen) atoms. The predicted molar refractivity (Wildman–Crippen MR) is 56.1 cm³/mol. The highest BCUT2D eigenvalue weighted by molar-refractivity contribution is 5.81. The molecule has 0 bridgehead atoms. The Hall–Kier alpha value is -1.06. The first-order valence-electron chi connectivity index (χ1n) is 5.48. The molecule has 1 amide bonds. The monoisotopic (exact) mass is 213 g/mol. The van der Waals surface area contributed by atoms with Gasteiger partial charge in [-0.05, 0) is 26.2 Å². The van der Waals surface area contributed by atoms with Crippen LogP contribution < -0.4 is 5.32 Å². The normalized spacial score (nSPS) is 23.7. The molecular weight excluding hydrogens is 194 g/mol. The average Bonchev–Trinajstić information content (AvgIpc) is 2.81. The Morgan fingerprint density at radius 2 is 2.07 bits per heavy atom. The van der Waals surface area contributed by atoms with E-state index in [-0.39, 0.29) is 30.3 Å². The van der Waals surface area contributed by atoms with Crippen molar-refractivity contribution in [2.45, 2.75) is 39.7 Å². The summed E-state index contributed by atoms with van der Waals surface area (Å²) in [7, 11) is 0. The van der Waals surface area contributed by atoms with Gasteiger partial charge in [0.15, 0.2) is 0 Å². The SMILES string of the molecule is CC(C)OC(=O)CCNC(=O)C1CC1C. The quantitative estimate of drug-likeness (QED) is 0.696. The topological polar surface area (TPSA) is 55.4 Å². The van der Waals surface area contributed by atoms with Crippen LogP contribution >= 0.6 is 0 Å². The van der Waals surface area contributed by atoms with Crippen LogP contribution in [0.4, 0.5) is 0 Å². The number of esters is 1. The molecule has 0 heterocycles. The van der Waals surface area contributed by atoms with Crippen molar-refractivity contribution in [3.63, 3.8) is 0 Å². The van der Waals surface area contributed by atoms with Crippen LogP contribution in [0.3, 0.4) is 0 Å². The zero-order valence-corrected chi connectivity index (χ0v) is 9.58. The van der Waals surface area contributed by atoms with E-state index in [0.717, 1.165) is 6.42 Å². The van der Waals surface area contributed by atoms with E-state index in [0.29, 0.717) is 12.5 Å². The maximum atomic E-state index is 11.4. The first-order valence-corrected chi connectivity index (χ1v) is 5.48. The van der Waals surface area contributed by atoms with Gasteiger partial charge in [-0.15, -0.1) is 0 Å². The molecule has 4 heteroatoms. The van der Waals surface area contributed by atoms with E-state index in [1.54, 1.807) is 0 Å². The van der Waals surface area contributed by atoms with E-state index in [1.807, 2.05) is 13.8 Å². The molecule has 1 fully saturated rings. The Bertz CT molecular complexity index is 250. The van der Waals surface area contributed by atoms with Crippen molar-refractivity contribution >= 4 is 11.9 Å². The molecule has 0 spiro atoms. The van der Waals surface area contributed by atoms with E-state index >= 15 is 0 Å². The second kappa shape index (κ2) is 5.14. The molecule has 0 radical (unpaired) electrons. The first-order chi connectivity index (χ1) is 7.00. The maximum absolute atomic E-state index is 11.4. The lowest BCUT2D eigenvalue weighted by Gasteiger charge is -2.08. The summed E-state index contributed by atoms with van der Waals surface area (Å²) >= 11 is 0. The molecule has 86 valence electrons. The fraction of sp³-hybridized carbons (Fsp3) is 0.818. The van der Waals surface area contributed by atoms with Crippen LogP contribution in [0.2, 0.25) is 0 Å². The number of carbonyl (C=O) groups excluding carboxylic acids is 2. The van der Waals surface area contributed by atoms with Gasteiger partial charge in [-0.2, -0.15) is 0 Å². The third-order valence-electron chi connectivity index (χ3n) is 2.44.